The average molecular weight is 566 g/mol. The van der Waals surface area contributed by atoms with Crippen molar-refractivity contribution < 1.29 is 19.1 Å². The number of rotatable bonds is 7. The maximum absolute atomic E-state index is 11.8. The first kappa shape index (κ1) is 27.2. The molecule has 0 heterocycles. The predicted octanol–water partition coefficient (Wildman–Crippen LogP) is 7.38. The Hall–Kier alpha value is -0.853. The molecule has 2 saturated carbocycles. The second-order valence-electron chi connectivity index (χ2n) is 13.1. The molecule has 1 aromatic rings. The third kappa shape index (κ3) is 5.01. The lowest BCUT2D eigenvalue weighted by Gasteiger charge is -2.53. The van der Waals surface area contributed by atoms with Crippen LogP contribution in [0.5, 0.6) is 5.75 Å². The van der Waals surface area contributed by atoms with Gasteiger partial charge in [0.1, 0.15) is 11.1 Å². The van der Waals surface area contributed by atoms with Crippen LogP contribution in [-0.2, 0) is 16.0 Å². The Balaban J connectivity index is 1.46. The number of benzene rings is 1. The van der Waals surface area contributed by atoms with Crippen molar-refractivity contribution in [3.8, 4) is 5.75 Å². The summed E-state index contributed by atoms with van der Waals surface area (Å²) in [5.74, 6) is 2.62. The smallest absolute Gasteiger partial charge is 0.316 e. The molecular formula is C29H45BrO4Si. The zero-order valence-electron chi connectivity index (χ0n) is 22.6. The van der Waals surface area contributed by atoms with Gasteiger partial charge in [0.25, 0.3) is 0 Å². The summed E-state index contributed by atoms with van der Waals surface area (Å²) < 4.78 is 11.9. The lowest BCUT2D eigenvalue weighted by Crippen LogP contribution is -2.50. The molecule has 0 spiro atoms. The molecule has 2 fully saturated rings. The number of fused-ring (bicyclic) bond motifs is 5. The number of esters is 1. The molecule has 0 amide bonds. The molecule has 0 unspecified atom stereocenters. The fraction of sp³-hybridized carbons (Fsp3) is 0.759. The zero-order valence-corrected chi connectivity index (χ0v) is 25.2. The first-order valence-electron chi connectivity index (χ1n) is 13.6. The summed E-state index contributed by atoms with van der Waals surface area (Å²) in [6.45, 7) is 14.2. The molecule has 35 heavy (non-hydrogen) atoms. The molecule has 1 aromatic carbocycles. The van der Waals surface area contributed by atoms with Gasteiger partial charge in [-0.2, -0.15) is 0 Å². The van der Waals surface area contributed by atoms with Gasteiger partial charge in [0.05, 0.1) is 12.2 Å². The third-order valence-corrected chi connectivity index (χ3v) is 15.1. The lowest BCUT2D eigenvalue weighted by molar-refractivity contribution is -0.142. The molecule has 0 aliphatic heterocycles. The number of halogens is 1. The first-order valence-corrected chi connectivity index (χ1v) is 17.6. The van der Waals surface area contributed by atoms with E-state index in [1.807, 2.05) is 0 Å². The SMILES string of the molecule is CC(C)(C)[Si](C)(C)Oc1ccc2c(c1)CC[C@@H]1[C@@H]2CC[C@@]2(C)[C@H]1CC[C@@]2(O)CCCOC(=O)CBr. The van der Waals surface area contributed by atoms with Crippen molar-refractivity contribution in [2.45, 2.75) is 109 Å². The van der Waals surface area contributed by atoms with E-state index in [1.54, 1.807) is 0 Å². The molecule has 1 N–H and O–H groups in total. The van der Waals surface area contributed by atoms with Crippen molar-refractivity contribution in [2.75, 3.05) is 11.9 Å². The van der Waals surface area contributed by atoms with Crippen LogP contribution in [-0.4, -0.2) is 36.9 Å². The highest BCUT2D eigenvalue weighted by atomic mass is 79.9. The highest BCUT2D eigenvalue weighted by Crippen LogP contribution is 2.65. The van der Waals surface area contributed by atoms with Crippen LogP contribution in [0.1, 0.15) is 89.7 Å². The molecule has 196 valence electrons. The fourth-order valence-electron chi connectivity index (χ4n) is 7.18. The molecule has 0 aromatic heterocycles. The minimum absolute atomic E-state index is 0.0452. The summed E-state index contributed by atoms with van der Waals surface area (Å²) in [7, 11) is -1.85. The normalized spacial score (nSPS) is 32.4. The Morgan fingerprint density at radius 3 is 2.63 bits per heavy atom. The molecule has 3 aliphatic rings. The van der Waals surface area contributed by atoms with Crippen molar-refractivity contribution in [3.05, 3.63) is 29.3 Å². The minimum Gasteiger partial charge on any atom is -0.543 e. The maximum Gasteiger partial charge on any atom is 0.316 e. The van der Waals surface area contributed by atoms with Gasteiger partial charge in [-0.1, -0.05) is 49.7 Å². The van der Waals surface area contributed by atoms with Crippen molar-refractivity contribution in [2.24, 2.45) is 17.3 Å². The minimum atomic E-state index is -1.85. The number of hydrogen-bond acceptors (Lipinski definition) is 4. The van der Waals surface area contributed by atoms with Crippen LogP contribution in [0, 0.1) is 17.3 Å². The van der Waals surface area contributed by atoms with Gasteiger partial charge >= 0.3 is 5.97 Å². The van der Waals surface area contributed by atoms with Gasteiger partial charge < -0.3 is 14.3 Å². The first-order chi connectivity index (χ1) is 16.3. The van der Waals surface area contributed by atoms with Crippen molar-refractivity contribution in [3.63, 3.8) is 0 Å². The quantitative estimate of drug-likeness (QED) is 0.162. The second kappa shape index (κ2) is 9.79. The summed E-state index contributed by atoms with van der Waals surface area (Å²) in [5, 5.41) is 12.2. The van der Waals surface area contributed by atoms with Crippen LogP contribution in [0.2, 0.25) is 18.1 Å². The number of aryl methyl sites for hydroxylation is 1. The zero-order chi connectivity index (χ0) is 25.6. The summed E-state index contributed by atoms with van der Waals surface area (Å²) in [5.41, 5.74) is 2.32. The average Bonchev–Trinajstić information content (AvgIpc) is 3.06. The van der Waals surface area contributed by atoms with E-state index in [1.165, 1.54) is 17.5 Å². The second-order valence-corrected chi connectivity index (χ2v) is 18.4. The van der Waals surface area contributed by atoms with E-state index in [2.05, 4.69) is 74.9 Å². The fourth-order valence-corrected chi connectivity index (χ4v) is 8.36. The monoisotopic (exact) mass is 564 g/mol. The number of alkyl halides is 1. The van der Waals surface area contributed by atoms with Crippen LogP contribution >= 0.6 is 15.9 Å². The van der Waals surface area contributed by atoms with Crippen molar-refractivity contribution >= 4 is 30.2 Å². The molecule has 0 saturated heterocycles. The standard InChI is InChI=1S/C29H45BrO4Si/c1-27(2,3)35(5,6)34-21-9-11-22-20(18-21)8-10-24-23(22)12-15-28(4)25(24)13-16-29(28,32)14-7-17-33-26(31)19-30/h9,11,18,23-25,32H,7-8,10,12-17,19H2,1-6H3/t23-,24-,25+,28+,29+/m1/s1. The van der Waals surface area contributed by atoms with Gasteiger partial charge in [-0.25, -0.2) is 0 Å². The largest absolute Gasteiger partial charge is 0.543 e. The molecular weight excluding hydrogens is 520 g/mol. The molecule has 3 aliphatic carbocycles. The van der Waals surface area contributed by atoms with Gasteiger partial charge in [-0.3, -0.25) is 4.79 Å². The van der Waals surface area contributed by atoms with Gasteiger partial charge in [0.2, 0.25) is 8.32 Å². The van der Waals surface area contributed by atoms with E-state index in [4.69, 9.17) is 9.16 Å². The summed E-state index contributed by atoms with van der Waals surface area (Å²) in [6, 6.07) is 6.91. The van der Waals surface area contributed by atoms with Crippen LogP contribution in [0.3, 0.4) is 0 Å². The van der Waals surface area contributed by atoms with E-state index >= 15 is 0 Å². The molecule has 5 atom stereocenters. The Morgan fingerprint density at radius 1 is 1.20 bits per heavy atom. The summed E-state index contributed by atoms with van der Waals surface area (Å²) in [6.07, 6.45) is 7.96. The van der Waals surface area contributed by atoms with Crippen molar-refractivity contribution in [1.82, 2.24) is 0 Å². The van der Waals surface area contributed by atoms with E-state index in [9.17, 15) is 9.90 Å². The van der Waals surface area contributed by atoms with Crippen molar-refractivity contribution in [1.29, 1.82) is 0 Å². The molecule has 6 heteroatoms. The topological polar surface area (TPSA) is 55.8 Å². The van der Waals surface area contributed by atoms with Crippen LogP contribution in [0.25, 0.3) is 0 Å². The summed E-state index contributed by atoms with van der Waals surface area (Å²) in [4.78, 5) is 11.4. The highest BCUT2D eigenvalue weighted by molar-refractivity contribution is 9.09. The van der Waals surface area contributed by atoms with Gasteiger partial charge in [-0.05, 0) is 116 Å². The Kier molecular flexibility index (Phi) is 7.61. The Labute approximate surface area is 221 Å². The van der Waals surface area contributed by atoms with Gasteiger partial charge in [-0.15, -0.1) is 0 Å². The lowest BCUT2D eigenvalue weighted by atomic mass is 9.53. The Bertz CT molecular complexity index is 941. The van der Waals surface area contributed by atoms with Gasteiger partial charge in [0.15, 0.2) is 0 Å². The molecule has 0 radical (unpaired) electrons. The van der Waals surface area contributed by atoms with Gasteiger partial charge in [0, 0.05) is 0 Å². The van der Waals surface area contributed by atoms with Crippen LogP contribution in [0.4, 0.5) is 0 Å². The third-order valence-electron chi connectivity index (χ3n) is 10.3. The van der Waals surface area contributed by atoms with E-state index in [-0.39, 0.29) is 21.8 Å². The number of hydrogen-bond donors (Lipinski definition) is 1. The predicted molar refractivity (Wildman–Crippen MR) is 148 cm³/mol. The number of carbonyl (C=O) groups is 1. The molecule has 4 rings (SSSR count). The highest BCUT2D eigenvalue weighted by Gasteiger charge is 2.61. The number of aliphatic hydroxyl groups is 1. The Morgan fingerprint density at radius 2 is 1.94 bits per heavy atom. The maximum atomic E-state index is 11.8. The summed E-state index contributed by atoms with van der Waals surface area (Å²) >= 11 is 3.14. The van der Waals surface area contributed by atoms with Crippen LogP contribution in [0.15, 0.2) is 18.2 Å². The molecule has 0 bridgehead atoms. The van der Waals surface area contributed by atoms with E-state index in [0.29, 0.717) is 24.4 Å². The number of carbonyl (C=O) groups excluding carboxylic acids is 1. The molecule has 4 nitrogen and oxygen atoms in total. The van der Waals surface area contributed by atoms with E-state index < -0.39 is 13.9 Å². The van der Waals surface area contributed by atoms with E-state index in [0.717, 1.165) is 50.7 Å². The number of ether oxygens (including phenoxy) is 1. The van der Waals surface area contributed by atoms with Crippen LogP contribution < -0.4 is 4.43 Å².